The lowest BCUT2D eigenvalue weighted by Crippen LogP contribution is -2.24. The van der Waals surface area contributed by atoms with Gasteiger partial charge in [-0.25, -0.2) is 18.1 Å². The second-order valence-electron chi connectivity index (χ2n) is 5.05. The first-order valence-corrected chi connectivity index (χ1v) is 10.3. The van der Waals surface area contributed by atoms with E-state index in [0.717, 1.165) is 20.5 Å². The highest BCUT2D eigenvalue weighted by atomic mass is 32.2. The van der Waals surface area contributed by atoms with Crippen molar-refractivity contribution in [1.82, 2.24) is 9.71 Å². The zero-order chi connectivity index (χ0) is 18.0. The number of nitrogens with zero attached hydrogens (tertiary/aromatic N) is 2. The SMILES string of the molecule is Cc1nc(-c2cccs2)sc1CNS(=O)(=O)c1ccccc1[N+](=O)[O-]. The van der Waals surface area contributed by atoms with Crippen molar-refractivity contribution in [2.75, 3.05) is 0 Å². The van der Waals surface area contributed by atoms with Crippen molar-refractivity contribution in [2.45, 2.75) is 18.4 Å². The molecule has 1 aromatic carbocycles. The zero-order valence-electron chi connectivity index (χ0n) is 13.0. The number of hydrogen-bond acceptors (Lipinski definition) is 7. The standard InChI is InChI=1S/C15H13N3O4S3/c1-10-13(24-15(17-10)12-6-4-8-23-12)9-16-25(21,22)14-7-3-2-5-11(14)18(19)20/h2-8,16H,9H2,1H3. The lowest BCUT2D eigenvalue weighted by Gasteiger charge is -2.06. The summed E-state index contributed by atoms with van der Waals surface area (Å²) in [5.41, 5.74) is 0.286. The highest BCUT2D eigenvalue weighted by Gasteiger charge is 2.25. The summed E-state index contributed by atoms with van der Waals surface area (Å²) < 4.78 is 27.3. The Labute approximate surface area is 152 Å². The van der Waals surface area contributed by atoms with E-state index in [9.17, 15) is 18.5 Å². The number of nitrogens with one attached hydrogen (secondary N) is 1. The molecule has 0 unspecified atom stereocenters. The maximum Gasteiger partial charge on any atom is 0.289 e. The summed E-state index contributed by atoms with van der Waals surface area (Å²) in [7, 11) is -4.01. The first-order chi connectivity index (χ1) is 11.9. The van der Waals surface area contributed by atoms with Gasteiger partial charge >= 0.3 is 0 Å². The first kappa shape index (κ1) is 17.7. The molecule has 2 heterocycles. The number of aryl methyl sites for hydroxylation is 1. The third kappa shape index (κ3) is 3.76. The summed E-state index contributed by atoms with van der Waals surface area (Å²) in [6.45, 7) is 1.84. The lowest BCUT2D eigenvalue weighted by molar-refractivity contribution is -0.387. The van der Waals surface area contributed by atoms with Crippen LogP contribution in [0.1, 0.15) is 10.6 Å². The molecule has 0 fully saturated rings. The van der Waals surface area contributed by atoms with Crippen LogP contribution in [0, 0.1) is 17.0 Å². The molecule has 0 amide bonds. The molecule has 1 N–H and O–H groups in total. The molecule has 0 saturated heterocycles. The summed E-state index contributed by atoms with van der Waals surface area (Å²) in [6.07, 6.45) is 0. The monoisotopic (exact) mass is 395 g/mol. The Morgan fingerprint density at radius 3 is 2.68 bits per heavy atom. The Balaban J connectivity index is 1.83. The van der Waals surface area contributed by atoms with E-state index in [-0.39, 0.29) is 11.4 Å². The van der Waals surface area contributed by atoms with Gasteiger partial charge in [0.05, 0.1) is 15.5 Å². The number of sulfonamides is 1. The van der Waals surface area contributed by atoms with E-state index in [1.54, 1.807) is 11.3 Å². The highest BCUT2D eigenvalue weighted by molar-refractivity contribution is 7.89. The fourth-order valence-corrected chi connectivity index (χ4v) is 5.23. The average Bonchev–Trinajstić information content (AvgIpc) is 3.22. The maximum absolute atomic E-state index is 12.4. The highest BCUT2D eigenvalue weighted by Crippen LogP contribution is 2.31. The average molecular weight is 395 g/mol. The number of benzene rings is 1. The minimum atomic E-state index is -4.01. The number of rotatable bonds is 6. The van der Waals surface area contributed by atoms with Gasteiger partial charge < -0.3 is 0 Å². The molecule has 0 radical (unpaired) electrons. The van der Waals surface area contributed by atoms with Crippen LogP contribution in [0.2, 0.25) is 0 Å². The Bertz CT molecular complexity index is 1010. The van der Waals surface area contributed by atoms with E-state index in [0.29, 0.717) is 0 Å². The predicted molar refractivity (Wildman–Crippen MR) is 97.3 cm³/mol. The van der Waals surface area contributed by atoms with Crippen LogP contribution >= 0.6 is 22.7 Å². The van der Waals surface area contributed by atoms with Crippen molar-refractivity contribution >= 4 is 38.4 Å². The Hall–Kier alpha value is -2.14. The number of nitro benzene ring substituents is 1. The Morgan fingerprint density at radius 2 is 2.00 bits per heavy atom. The van der Waals surface area contributed by atoms with Crippen molar-refractivity contribution < 1.29 is 13.3 Å². The van der Waals surface area contributed by atoms with Gasteiger partial charge in [0.1, 0.15) is 5.01 Å². The summed E-state index contributed by atoms with van der Waals surface area (Å²) >= 11 is 2.96. The third-order valence-electron chi connectivity index (χ3n) is 3.40. The van der Waals surface area contributed by atoms with Gasteiger partial charge in [0.25, 0.3) is 5.69 Å². The minimum absolute atomic E-state index is 0.0310. The third-order valence-corrected chi connectivity index (χ3v) is 7.04. The number of hydrogen-bond donors (Lipinski definition) is 1. The minimum Gasteiger partial charge on any atom is -0.258 e. The molecule has 0 saturated carbocycles. The molecule has 3 aromatic rings. The summed E-state index contributed by atoms with van der Waals surface area (Å²) in [5, 5.41) is 13.8. The van der Waals surface area contributed by atoms with Crippen LogP contribution in [0.5, 0.6) is 0 Å². The largest absolute Gasteiger partial charge is 0.289 e. The van der Waals surface area contributed by atoms with Gasteiger partial charge in [-0.2, -0.15) is 0 Å². The number of thiazole rings is 1. The molecule has 0 spiro atoms. The normalized spacial score (nSPS) is 11.6. The van der Waals surface area contributed by atoms with E-state index in [1.807, 2.05) is 24.4 Å². The fourth-order valence-electron chi connectivity index (χ4n) is 2.17. The Kier molecular flexibility index (Phi) is 4.95. The molecule has 2 aromatic heterocycles. The molecular weight excluding hydrogens is 382 g/mol. The van der Waals surface area contributed by atoms with Gasteiger partial charge in [-0.05, 0) is 24.4 Å². The number of nitro groups is 1. The van der Waals surface area contributed by atoms with Gasteiger partial charge in [0, 0.05) is 17.5 Å². The molecule has 0 aliphatic carbocycles. The smallest absolute Gasteiger partial charge is 0.258 e. The van der Waals surface area contributed by atoms with Crippen LogP contribution < -0.4 is 4.72 Å². The summed E-state index contributed by atoms with van der Waals surface area (Å²) in [6, 6.07) is 9.14. The molecule has 10 heteroatoms. The van der Waals surface area contributed by atoms with Crippen molar-refractivity contribution in [3.63, 3.8) is 0 Å². The van der Waals surface area contributed by atoms with Gasteiger partial charge in [0.15, 0.2) is 4.90 Å². The molecule has 130 valence electrons. The summed E-state index contributed by atoms with van der Waals surface area (Å²) in [4.78, 5) is 16.2. The number of para-hydroxylation sites is 1. The van der Waals surface area contributed by atoms with Crippen LogP contribution in [0.15, 0.2) is 46.7 Å². The number of aromatic nitrogens is 1. The van der Waals surface area contributed by atoms with Crippen molar-refractivity contribution in [1.29, 1.82) is 0 Å². The van der Waals surface area contributed by atoms with Crippen molar-refractivity contribution in [2.24, 2.45) is 0 Å². The molecule has 25 heavy (non-hydrogen) atoms. The van der Waals surface area contributed by atoms with Crippen molar-refractivity contribution in [3.8, 4) is 9.88 Å². The number of thiophene rings is 1. The second kappa shape index (κ2) is 7.00. The van der Waals surface area contributed by atoms with Crippen LogP contribution in [-0.4, -0.2) is 18.3 Å². The van der Waals surface area contributed by atoms with Crippen LogP contribution in [0.25, 0.3) is 9.88 Å². The molecule has 0 aliphatic heterocycles. The van der Waals surface area contributed by atoms with Gasteiger partial charge in [-0.15, -0.1) is 22.7 Å². The van der Waals surface area contributed by atoms with E-state index >= 15 is 0 Å². The quantitative estimate of drug-likeness (QED) is 0.508. The second-order valence-corrected chi connectivity index (χ2v) is 8.82. The first-order valence-electron chi connectivity index (χ1n) is 7.12. The maximum atomic E-state index is 12.4. The van der Waals surface area contributed by atoms with Crippen LogP contribution in [0.3, 0.4) is 0 Å². The zero-order valence-corrected chi connectivity index (χ0v) is 15.5. The fraction of sp³-hybridized carbons (Fsp3) is 0.133. The molecule has 0 aliphatic rings. The van der Waals surface area contributed by atoms with E-state index in [4.69, 9.17) is 0 Å². The summed E-state index contributed by atoms with van der Waals surface area (Å²) in [5.74, 6) is 0. The molecular formula is C15H13N3O4S3. The van der Waals surface area contributed by atoms with E-state index < -0.39 is 20.6 Å². The van der Waals surface area contributed by atoms with Gasteiger partial charge in [-0.3, -0.25) is 10.1 Å². The topological polar surface area (TPSA) is 102 Å². The van der Waals surface area contributed by atoms with Crippen LogP contribution in [0.4, 0.5) is 5.69 Å². The van der Waals surface area contributed by atoms with Gasteiger partial charge in [-0.1, -0.05) is 18.2 Å². The molecule has 7 nitrogen and oxygen atoms in total. The lowest BCUT2D eigenvalue weighted by atomic mass is 10.3. The van der Waals surface area contributed by atoms with E-state index in [2.05, 4.69) is 9.71 Å². The Morgan fingerprint density at radius 1 is 1.24 bits per heavy atom. The van der Waals surface area contributed by atoms with Crippen molar-refractivity contribution in [3.05, 3.63) is 62.5 Å². The van der Waals surface area contributed by atoms with Gasteiger partial charge in [0.2, 0.25) is 10.0 Å². The van der Waals surface area contributed by atoms with Crippen LogP contribution in [-0.2, 0) is 16.6 Å². The molecule has 3 rings (SSSR count). The predicted octanol–water partition coefficient (Wildman–Crippen LogP) is 3.57. The molecule has 0 atom stereocenters. The van der Waals surface area contributed by atoms with E-state index in [1.165, 1.54) is 35.6 Å². The molecule has 0 bridgehead atoms.